The van der Waals surface area contributed by atoms with Crippen molar-refractivity contribution in [3.8, 4) is 0 Å². The molecule has 0 aliphatic heterocycles. The van der Waals surface area contributed by atoms with Gasteiger partial charge in [-0.15, -0.1) is 0 Å². The quantitative estimate of drug-likeness (QED) is 0.425. The molecule has 2 rings (SSSR count). The van der Waals surface area contributed by atoms with E-state index >= 15 is 0 Å². The number of Topliss-reactive ketones (excluding diaryl/α,β-unsaturated/α-hetero) is 1. The minimum atomic E-state index is -1.72. The molecule has 22 heavy (non-hydrogen) atoms. The Labute approximate surface area is 135 Å². The first-order chi connectivity index (χ1) is 10.4. The van der Waals surface area contributed by atoms with Crippen molar-refractivity contribution in [2.75, 3.05) is 7.11 Å². The molecular formula is C17H30O4Si. The minimum Gasteiger partial charge on any atom is -0.468 e. The predicted molar refractivity (Wildman–Crippen MR) is 88.0 cm³/mol. The van der Waals surface area contributed by atoms with Crippen molar-refractivity contribution < 1.29 is 18.8 Å². The molecule has 2 fully saturated rings. The standard InChI is InChI=1S/C17H30O4Si/c1-6-22(7-2,8-3)21-17(4)10-9-12-14(17)11-13(15(12)18)16(19)20-5/h12-14H,6-11H2,1-5H3/t12-,13?,14-,17-/m1/s1. The van der Waals surface area contributed by atoms with E-state index < -0.39 is 14.2 Å². The third-order valence-electron chi connectivity index (χ3n) is 6.29. The Morgan fingerprint density at radius 1 is 1.27 bits per heavy atom. The molecule has 4 nitrogen and oxygen atoms in total. The predicted octanol–water partition coefficient (Wildman–Crippen LogP) is 3.56. The van der Waals surface area contributed by atoms with Crippen LogP contribution in [0.25, 0.3) is 0 Å². The molecule has 0 aromatic heterocycles. The fourth-order valence-corrected chi connectivity index (χ4v) is 7.75. The van der Waals surface area contributed by atoms with Gasteiger partial charge in [0.1, 0.15) is 5.92 Å². The number of methoxy groups -OCH3 is 1. The van der Waals surface area contributed by atoms with E-state index in [1.807, 2.05) is 0 Å². The lowest BCUT2D eigenvalue weighted by Gasteiger charge is -2.41. The average molecular weight is 327 g/mol. The van der Waals surface area contributed by atoms with Crippen molar-refractivity contribution in [3.63, 3.8) is 0 Å². The Bertz CT molecular complexity index is 438. The first-order valence-corrected chi connectivity index (χ1v) is 11.2. The van der Waals surface area contributed by atoms with Crippen LogP contribution in [0.1, 0.15) is 47.0 Å². The molecule has 5 heteroatoms. The van der Waals surface area contributed by atoms with Crippen LogP contribution in [0.15, 0.2) is 0 Å². The normalized spacial score (nSPS) is 34.8. The Balaban J connectivity index is 2.20. The molecule has 0 bridgehead atoms. The molecule has 2 aliphatic carbocycles. The van der Waals surface area contributed by atoms with Gasteiger partial charge in [-0.3, -0.25) is 9.59 Å². The third-order valence-corrected chi connectivity index (χ3v) is 11.1. The van der Waals surface area contributed by atoms with Crippen molar-refractivity contribution in [2.45, 2.75) is 70.7 Å². The van der Waals surface area contributed by atoms with E-state index in [0.717, 1.165) is 31.0 Å². The Hall–Kier alpha value is -0.683. The lowest BCUT2D eigenvalue weighted by Crippen LogP contribution is -2.48. The summed E-state index contributed by atoms with van der Waals surface area (Å²) in [5.41, 5.74) is -0.239. The van der Waals surface area contributed by atoms with Crippen molar-refractivity contribution in [3.05, 3.63) is 0 Å². The molecule has 0 aromatic carbocycles. The van der Waals surface area contributed by atoms with Crippen LogP contribution in [0.4, 0.5) is 0 Å². The van der Waals surface area contributed by atoms with E-state index in [2.05, 4.69) is 27.7 Å². The highest BCUT2D eigenvalue weighted by Crippen LogP contribution is 2.53. The zero-order valence-electron chi connectivity index (χ0n) is 14.6. The molecule has 2 aliphatic rings. The molecule has 0 N–H and O–H groups in total. The Morgan fingerprint density at radius 2 is 1.86 bits per heavy atom. The molecule has 126 valence electrons. The fourth-order valence-electron chi connectivity index (χ4n) is 4.58. The second-order valence-corrected chi connectivity index (χ2v) is 11.8. The summed E-state index contributed by atoms with van der Waals surface area (Å²) in [6.07, 6.45) is 2.40. The van der Waals surface area contributed by atoms with Crippen LogP contribution in [-0.2, 0) is 18.8 Å². The molecular weight excluding hydrogens is 296 g/mol. The van der Waals surface area contributed by atoms with Gasteiger partial charge in [-0.2, -0.15) is 0 Å². The molecule has 2 saturated carbocycles. The molecule has 1 unspecified atom stereocenters. The summed E-state index contributed by atoms with van der Waals surface area (Å²) in [4.78, 5) is 24.3. The number of esters is 1. The highest BCUT2D eigenvalue weighted by atomic mass is 28.4. The number of ketones is 1. The smallest absolute Gasteiger partial charge is 0.316 e. The summed E-state index contributed by atoms with van der Waals surface area (Å²) < 4.78 is 11.6. The van der Waals surface area contributed by atoms with Gasteiger partial charge < -0.3 is 9.16 Å². The van der Waals surface area contributed by atoms with Gasteiger partial charge in [0.25, 0.3) is 0 Å². The first-order valence-electron chi connectivity index (χ1n) is 8.68. The van der Waals surface area contributed by atoms with Gasteiger partial charge in [-0.25, -0.2) is 0 Å². The topological polar surface area (TPSA) is 52.6 Å². The molecule has 0 saturated heterocycles. The van der Waals surface area contributed by atoms with Gasteiger partial charge in [0.15, 0.2) is 14.1 Å². The van der Waals surface area contributed by atoms with Gasteiger partial charge in [-0.05, 0) is 50.2 Å². The van der Waals surface area contributed by atoms with Crippen LogP contribution in [0.2, 0.25) is 18.1 Å². The van der Waals surface area contributed by atoms with E-state index in [4.69, 9.17) is 9.16 Å². The lowest BCUT2D eigenvalue weighted by molar-refractivity contribution is -0.148. The number of carbonyl (C=O) groups is 2. The van der Waals surface area contributed by atoms with Crippen LogP contribution in [0.3, 0.4) is 0 Å². The third kappa shape index (κ3) is 2.78. The van der Waals surface area contributed by atoms with Crippen LogP contribution in [0.5, 0.6) is 0 Å². The van der Waals surface area contributed by atoms with Crippen LogP contribution < -0.4 is 0 Å². The number of fused-ring (bicyclic) bond motifs is 1. The van der Waals surface area contributed by atoms with E-state index in [1.165, 1.54) is 7.11 Å². The Morgan fingerprint density at radius 3 is 2.36 bits per heavy atom. The van der Waals surface area contributed by atoms with E-state index in [9.17, 15) is 9.59 Å². The highest BCUT2D eigenvalue weighted by Gasteiger charge is 2.58. The zero-order valence-corrected chi connectivity index (χ0v) is 15.6. The fraction of sp³-hybridized carbons (Fsp3) is 0.882. The maximum atomic E-state index is 12.5. The summed E-state index contributed by atoms with van der Waals surface area (Å²) in [5, 5.41) is 0. The van der Waals surface area contributed by atoms with Gasteiger partial charge in [-0.1, -0.05) is 20.8 Å². The maximum Gasteiger partial charge on any atom is 0.316 e. The molecule has 0 heterocycles. The lowest BCUT2D eigenvalue weighted by atomic mass is 9.89. The second-order valence-electron chi connectivity index (χ2n) is 7.12. The summed E-state index contributed by atoms with van der Waals surface area (Å²) in [6, 6.07) is 3.34. The van der Waals surface area contributed by atoms with Crippen molar-refractivity contribution >= 4 is 20.1 Å². The molecule has 0 amide bonds. The van der Waals surface area contributed by atoms with Gasteiger partial charge in [0.05, 0.1) is 12.7 Å². The highest BCUT2D eigenvalue weighted by molar-refractivity contribution is 6.73. The van der Waals surface area contributed by atoms with Crippen molar-refractivity contribution in [1.29, 1.82) is 0 Å². The van der Waals surface area contributed by atoms with Gasteiger partial charge >= 0.3 is 5.97 Å². The molecule has 0 radical (unpaired) electrons. The van der Waals surface area contributed by atoms with E-state index in [-0.39, 0.29) is 29.2 Å². The van der Waals surface area contributed by atoms with Crippen molar-refractivity contribution in [1.82, 2.24) is 0 Å². The number of hydrogen-bond donors (Lipinski definition) is 0. The largest absolute Gasteiger partial charge is 0.468 e. The maximum absolute atomic E-state index is 12.5. The summed E-state index contributed by atoms with van der Waals surface area (Å²) in [5.74, 6) is -0.677. The summed E-state index contributed by atoms with van der Waals surface area (Å²) >= 11 is 0. The monoisotopic (exact) mass is 326 g/mol. The molecule has 0 aromatic rings. The van der Waals surface area contributed by atoms with Gasteiger partial charge in [0.2, 0.25) is 0 Å². The van der Waals surface area contributed by atoms with E-state index in [1.54, 1.807) is 0 Å². The number of rotatable bonds is 6. The van der Waals surface area contributed by atoms with Crippen molar-refractivity contribution in [2.24, 2.45) is 17.8 Å². The second kappa shape index (κ2) is 6.44. The minimum absolute atomic E-state index is 0.00799. The summed E-state index contributed by atoms with van der Waals surface area (Å²) in [7, 11) is -0.358. The summed E-state index contributed by atoms with van der Waals surface area (Å²) in [6.45, 7) is 8.86. The van der Waals surface area contributed by atoms with Crippen LogP contribution in [0, 0.1) is 17.8 Å². The molecule has 0 spiro atoms. The van der Waals surface area contributed by atoms with E-state index in [0.29, 0.717) is 6.42 Å². The SMILES string of the molecule is CC[Si](CC)(CC)O[C@]1(C)CC[C@H]2C(=O)C(C(=O)OC)C[C@H]21. The number of hydrogen-bond acceptors (Lipinski definition) is 4. The molecule has 4 atom stereocenters. The average Bonchev–Trinajstić information content (AvgIpc) is 3.03. The number of ether oxygens (including phenoxy) is 1. The van der Waals surface area contributed by atoms with Crippen LogP contribution in [-0.4, -0.2) is 32.8 Å². The number of carbonyl (C=O) groups excluding carboxylic acids is 2. The zero-order chi connectivity index (χ0) is 16.5. The Kier molecular flexibility index (Phi) is 5.17. The van der Waals surface area contributed by atoms with Gasteiger partial charge in [0, 0.05) is 5.92 Å². The first kappa shape index (κ1) is 17.7. The van der Waals surface area contributed by atoms with Crippen LogP contribution >= 0.6 is 0 Å².